The Morgan fingerprint density at radius 3 is 2.65 bits per heavy atom. The predicted octanol–water partition coefficient (Wildman–Crippen LogP) is 3.27. The van der Waals surface area contributed by atoms with Gasteiger partial charge in [-0.15, -0.1) is 0 Å². The smallest absolute Gasteiger partial charge is 0.126 e. The molecule has 3 fully saturated rings. The van der Waals surface area contributed by atoms with Gasteiger partial charge in [0.05, 0.1) is 5.52 Å². The molecule has 2 aromatic rings. The Kier molecular flexibility index (Phi) is 2.00. The summed E-state index contributed by atoms with van der Waals surface area (Å²) >= 11 is 0. The number of rotatable bonds is 2. The van der Waals surface area contributed by atoms with Crippen LogP contribution in [0.5, 0.6) is 0 Å². The van der Waals surface area contributed by atoms with Crippen LogP contribution in [-0.4, -0.2) is 11.0 Å². The van der Waals surface area contributed by atoms with E-state index in [1.165, 1.54) is 19.3 Å². The molecule has 4 atom stereocenters. The van der Waals surface area contributed by atoms with E-state index in [4.69, 9.17) is 10.7 Å². The Bertz CT molecular complexity index is 680. The molecule has 3 aliphatic rings. The van der Waals surface area contributed by atoms with Crippen LogP contribution in [0.2, 0.25) is 0 Å². The zero-order chi connectivity index (χ0) is 13.3. The predicted molar refractivity (Wildman–Crippen MR) is 81.4 cm³/mol. The molecule has 1 heterocycles. The first-order chi connectivity index (χ1) is 9.79. The maximum Gasteiger partial charge on any atom is 0.126 e. The number of nitrogen functional groups attached to an aromatic ring is 1. The number of nitrogens with one attached hydrogen (secondary N) is 1. The van der Waals surface area contributed by atoms with Crippen molar-refractivity contribution in [3.05, 3.63) is 30.3 Å². The zero-order valence-corrected chi connectivity index (χ0v) is 11.4. The summed E-state index contributed by atoms with van der Waals surface area (Å²) in [6.45, 7) is 0. The van der Waals surface area contributed by atoms with Crippen molar-refractivity contribution < 1.29 is 0 Å². The molecule has 0 radical (unpaired) electrons. The molecule has 0 aliphatic heterocycles. The summed E-state index contributed by atoms with van der Waals surface area (Å²) in [4.78, 5) is 4.73. The number of aromatic nitrogens is 1. The Hall–Kier alpha value is -1.77. The summed E-state index contributed by atoms with van der Waals surface area (Å²) in [5, 5.41) is 4.80. The van der Waals surface area contributed by atoms with Crippen LogP contribution < -0.4 is 11.1 Å². The minimum Gasteiger partial charge on any atom is -0.399 e. The molecule has 3 N–H and O–H groups in total. The van der Waals surface area contributed by atoms with Gasteiger partial charge in [0.1, 0.15) is 5.82 Å². The van der Waals surface area contributed by atoms with Crippen molar-refractivity contribution in [2.75, 3.05) is 11.1 Å². The van der Waals surface area contributed by atoms with E-state index in [1.807, 2.05) is 18.2 Å². The van der Waals surface area contributed by atoms with Gasteiger partial charge in [-0.05, 0) is 73.3 Å². The topological polar surface area (TPSA) is 50.9 Å². The highest BCUT2D eigenvalue weighted by Crippen LogP contribution is 2.66. The summed E-state index contributed by atoms with van der Waals surface area (Å²) in [5.74, 6) is 4.92. The van der Waals surface area contributed by atoms with Crippen molar-refractivity contribution in [3.8, 4) is 0 Å². The second-order valence-corrected chi connectivity index (χ2v) is 6.81. The van der Waals surface area contributed by atoms with Gasteiger partial charge in [0.15, 0.2) is 0 Å². The highest BCUT2D eigenvalue weighted by molar-refractivity contribution is 5.83. The third-order valence-electron chi connectivity index (χ3n) is 5.76. The van der Waals surface area contributed by atoms with E-state index in [0.29, 0.717) is 6.04 Å². The molecule has 0 spiro atoms. The van der Waals surface area contributed by atoms with E-state index >= 15 is 0 Å². The maximum atomic E-state index is 5.81. The van der Waals surface area contributed by atoms with Gasteiger partial charge in [0.2, 0.25) is 0 Å². The monoisotopic (exact) mass is 265 g/mol. The van der Waals surface area contributed by atoms with Crippen molar-refractivity contribution in [2.24, 2.45) is 23.7 Å². The Labute approximate surface area is 118 Å². The lowest BCUT2D eigenvalue weighted by Gasteiger charge is -2.11. The number of fused-ring (bicyclic) bond motifs is 6. The Balaban J connectivity index is 1.41. The number of nitrogens with zero attached hydrogens (tertiary/aromatic N) is 1. The quantitative estimate of drug-likeness (QED) is 0.819. The van der Waals surface area contributed by atoms with Gasteiger partial charge < -0.3 is 11.1 Å². The fourth-order valence-electron chi connectivity index (χ4n) is 4.91. The first-order valence-corrected chi connectivity index (χ1v) is 7.72. The lowest BCUT2D eigenvalue weighted by atomic mass is 10.0. The number of hydrogen-bond donors (Lipinski definition) is 2. The molecule has 2 bridgehead atoms. The van der Waals surface area contributed by atoms with E-state index in [-0.39, 0.29) is 0 Å². The summed E-state index contributed by atoms with van der Waals surface area (Å²) in [5.41, 5.74) is 7.63. The first kappa shape index (κ1) is 11.0. The summed E-state index contributed by atoms with van der Waals surface area (Å²) < 4.78 is 0. The Morgan fingerprint density at radius 1 is 1.05 bits per heavy atom. The lowest BCUT2D eigenvalue weighted by molar-refractivity contribution is 0.456. The molecular formula is C17H19N3. The molecule has 3 aliphatic carbocycles. The molecule has 3 nitrogen and oxygen atoms in total. The van der Waals surface area contributed by atoms with Crippen LogP contribution in [0.15, 0.2) is 30.3 Å². The van der Waals surface area contributed by atoms with Crippen molar-refractivity contribution in [2.45, 2.75) is 25.3 Å². The first-order valence-electron chi connectivity index (χ1n) is 7.72. The molecule has 102 valence electrons. The number of anilines is 2. The summed E-state index contributed by atoms with van der Waals surface area (Å²) in [6.07, 6.45) is 4.43. The standard InChI is InChI=1S/C17H19N3/c18-12-4-5-13-9(8-12)3-6-14(19-13)20-17-15-10-1-2-11(7-10)16(15)17/h3-6,8,10-11,15-17H,1-2,7,18H2,(H,19,20). The van der Waals surface area contributed by atoms with Gasteiger partial charge in [-0.3, -0.25) is 0 Å². The number of benzene rings is 1. The van der Waals surface area contributed by atoms with Crippen LogP contribution in [0.1, 0.15) is 19.3 Å². The minimum absolute atomic E-state index is 0.694. The van der Waals surface area contributed by atoms with Gasteiger partial charge in [-0.1, -0.05) is 0 Å². The van der Waals surface area contributed by atoms with Crippen LogP contribution in [0.25, 0.3) is 10.9 Å². The SMILES string of the molecule is Nc1ccc2nc(NC3C4C5CCC(C5)C34)ccc2c1. The Morgan fingerprint density at radius 2 is 1.85 bits per heavy atom. The number of nitrogens with two attached hydrogens (primary N) is 1. The summed E-state index contributed by atoms with van der Waals surface area (Å²) in [6, 6.07) is 10.8. The highest BCUT2D eigenvalue weighted by Gasteiger charge is 2.65. The molecule has 0 saturated heterocycles. The molecule has 1 aromatic carbocycles. The average Bonchev–Trinajstić information content (AvgIpc) is 2.83. The van der Waals surface area contributed by atoms with Gasteiger partial charge >= 0.3 is 0 Å². The molecule has 5 rings (SSSR count). The van der Waals surface area contributed by atoms with Crippen LogP contribution in [0.4, 0.5) is 11.5 Å². The summed E-state index contributed by atoms with van der Waals surface area (Å²) in [7, 11) is 0. The normalized spacial score (nSPS) is 37.1. The molecule has 20 heavy (non-hydrogen) atoms. The number of hydrogen-bond acceptors (Lipinski definition) is 3. The second kappa shape index (κ2) is 3.66. The highest BCUT2D eigenvalue weighted by atomic mass is 15.1. The van der Waals surface area contributed by atoms with Gasteiger partial charge in [0.25, 0.3) is 0 Å². The molecule has 1 aromatic heterocycles. The van der Waals surface area contributed by atoms with E-state index in [2.05, 4.69) is 17.4 Å². The zero-order valence-electron chi connectivity index (χ0n) is 11.4. The van der Waals surface area contributed by atoms with E-state index < -0.39 is 0 Å². The third-order valence-corrected chi connectivity index (χ3v) is 5.76. The van der Waals surface area contributed by atoms with Gasteiger partial charge in [0, 0.05) is 17.1 Å². The lowest BCUT2D eigenvalue weighted by Crippen LogP contribution is -2.13. The van der Waals surface area contributed by atoms with Crippen molar-refractivity contribution in [1.82, 2.24) is 4.98 Å². The van der Waals surface area contributed by atoms with Crippen LogP contribution >= 0.6 is 0 Å². The van der Waals surface area contributed by atoms with Crippen molar-refractivity contribution in [1.29, 1.82) is 0 Å². The van der Waals surface area contributed by atoms with Crippen LogP contribution in [0.3, 0.4) is 0 Å². The minimum atomic E-state index is 0.694. The molecule has 0 amide bonds. The second-order valence-electron chi connectivity index (χ2n) is 6.81. The molecule has 3 saturated carbocycles. The van der Waals surface area contributed by atoms with Crippen LogP contribution in [-0.2, 0) is 0 Å². The molecular weight excluding hydrogens is 246 g/mol. The fourth-order valence-corrected chi connectivity index (χ4v) is 4.91. The molecule has 4 unspecified atom stereocenters. The fraction of sp³-hybridized carbons (Fsp3) is 0.471. The van der Waals surface area contributed by atoms with Gasteiger partial charge in [-0.2, -0.15) is 0 Å². The van der Waals surface area contributed by atoms with Crippen LogP contribution in [0, 0.1) is 23.7 Å². The van der Waals surface area contributed by atoms with Crippen molar-refractivity contribution in [3.63, 3.8) is 0 Å². The van der Waals surface area contributed by atoms with Crippen molar-refractivity contribution >= 4 is 22.4 Å². The number of pyridine rings is 1. The average molecular weight is 265 g/mol. The van der Waals surface area contributed by atoms with E-state index in [0.717, 1.165) is 46.1 Å². The third kappa shape index (κ3) is 1.43. The van der Waals surface area contributed by atoms with E-state index in [9.17, 15) is 0 Å². The maximum absolute atomic E-state index is 5.81. The van der Waals surface area contributed by atoms with E-state index in [1.54, 1.807) is 0 Å². The largest absolute Gasteiger partial charge is 0.399 e. The molecule has 3 heteroatoms. The van der Waals surface area contributed by atoms with Gasteiger partial charge in [-0.25, -0.2) is 4.98 Å².